The van der Waals surface area contributed by atoms with Crippen LogP contribution < -0.4 is 20.7 Å². The fourth-order valence-electron chi connectivity index (χ4n) is 3.72. The van der Waals surface area contributed by atoms with Crippen LogP contribution in [0, 0.1) is 0 Å². The second kappa shape index (κ2) is 13.2. The molecule has 1 aromatic rings. The largest absolute Gasteiger partial charge is 0.484 e. The first kappa shape index (κ1) is 25.9. The van der Waals surface area contributed by atoms with E-state index in [1.165, 1.54) is 0 Å². The Bertz CT molecular complexity index is 773. The van der Waals surface area contributed by atoms with Gasteiger partial charge in [-0.05, 0) is 49.8 Å². The number of hydrogen-bond donors (Lipinski definition) is 3. The van der Waals surface area contributed by atoms with Gasteiger partial charge in [-0.2, -0.15) is 0 Å². The molecule has 0 radical (unpaired) electrons. The van der Waals surface area contributed by atoms with Crippen molar-refractivity contribution in [1.82, 2.24) is 16.0 Å². The molecule has 0 aliphatic heterocycles. The standard InChI is InChI=1S/C22H34N4O3S.HI/c1-3-30(28)20-9-5-7-18(13-20)26-22(23-2)24-14-16-6-4-8-19(12-16)29-15-21(27)25-17-10-11-17;/h4,6,8,12,17-18,20H,3,5,7,9-11,13-15H2,1-2H3,(H,25,27)(H2,23,24,26);1H. The van der Waals surface area contributed by atoms with E-state index in [0.29, 0.717) is 24.4 Å². The summed E-state index contributed by atoms with van der Waals surface area (Å²) in [6.45, 7) is 2.63. The maximum Gasteiger partial charge on any atom is 0.258 e. The summed E-state index contributed by atoms with van der Waals surface area (Å²) in [5.74, 6) is 2.09. The summed E-state index contributed by atoms with van der Waals surface area (Å²) >= 11 is 0. The number of rotatable bonds is 9. The molecule has 1 amide bonds. The minimum Gasteiger partial charge on any atom is -0.484 e. The Hall–Kier alpha value is -1.36. The predicted molar refractivity (Wildman–Crippen MR) is 137 cm³/mol. The van der Waals surface area contributed by atoms with E-state index in [4.69, 9.17) is 4.74 Å². The number of benzene rings is 1. The number of nitrogens with zero attached hydrogens (tertiary/aromatic N) is 1. The first-order valence-corrected chi connectivity index (χ1v) is 12.3. The lowest BCUT2D eigenvalue weighted by Crippen LogP contribution is -2.46. The number of amides is 1. The normalized spacial score (nSPS) is 22.1. The van der Waals surface area contributed by atoms with Gasteiger partial charge in [0.05, 0.1) is 0 Å². The molecule has 2 aliphatic carbocycles. The Morgan fingerprint density at radius 1 is 1.19 bits per heavy atom. The van der Waals surface area contributed by atoms with E-state index in [1.807, 2.05) is 31.2 Å². The molecule has 3 rings (SSSR count). The molecule has 3 N–H and O–H groups in total. The van der Waals surface area contributed by atoms with E-state index in [1.54, 1.807) is 7.05 Å². The van der Waals surface area contributed by atoms with Crippen LogP contribution in [0.5, 0.6) is 5.75 Å². The highest BCUT2D eigenvalue weighted by Crippen LogP contribution is 2.23. The van der Waals surface area contributed by atoms with Crippen LogP contribution in [0.15, 0.2) is 29.3 Å². The third-order valence-corrected chi connectivity index (χ3v) is 7.26. The molecule has 0 heterocycles. The molecule has 9 heteroatoms. The second-order valence-corrected chi connectivity index (χ2v) is 10.0. The quantitative estimate of drug-likeness (QED) is 0.245. The van der Waals surface area contributed by atoms with Crippen molar-refractivity contribution >= 4 is 46.6 Å². The molecule has 0 aromatic heterocycles. The van der Waals surface area contributed by atoms with E-state index in [0.717, 1.165) is 55.8 Å². The minimum absolute atomic E-state index is 0. The summed E-state index contributed by atoms with van der Waals surface area (Å²) in [6, 6.07) is 8.37. The maximum atomic E-state index is 12.2. The average Bonchev–Trinajstić information content (AvgIpc) is 3.59. The van der Waals surface area contributed by atoms with Crippen molar-refractivity contribution in [3.8, 4) is 5.75 Å². The molecule has 0 spiro atoms. The van der Waals surface area contributed by atoms with Crippen LogP contribution in [0.1, 0.15) is 51.0 Å². The van der Waals surface area contributed by atoms with Crippen LogP contribution in [-0.2, 0) is 22.1 Å². The molecular weight excluding hydrogens is 527 g/mol. The van der Waals surface area contributed by atoms with E-state index in [9.17, 15) is 9.00 Å². The van der Waals surface area contributed by atoms with Crippen molar-refractivity contribution in [2.75, 3.05) is 19.4 Å². The fourth-order valence-corrected chi connectivity index (χ4v) is 5.06. The van der Waals surface area contributed by atoms with Crippen LogP contribution in [0.3, 0.4) is 0 Å². The summed E-state index contributed by atoms with van der Waals surface area (Å²) in [6.07, 6.45) is 6.28. The fraction of sp³-hybridized carbons (Fsp3) is 0.636. The van der Waals surface area contributed by atoms with Gasteiger partial charge in [-0.15, -0.1) is 24.0 Å². The molecule has 2 aliphatic rings. The van der Waals surface area contributed by atoms with Gasteiger partial charge >= 0.3 is 0 Å². The van der Waals surface area contributed by atoms with Crippen molar-refractivity contribution in [2.45, 2.75) is 69.3 Å². The minimum atomic E-state index is -0.735. The summed E-state index contributed by atoms with van der Waals surface area (Å²) in [5, 5.41) is 10.0. The lowest BCUT2D eigenvalue weighted by Gasteiger charge is -2.30. The second-order valence-electron chi connectivity index (χ2n) is 8.00. The van der Waals surface area contributed by atoms with Crippen molar-refractivity contribution in [2.24, 2.45) is 4.99 Å². The van der Waals surface area contributed by atoms with Crippen molar-refractivity contribution in [1.29, 1.82) is 0 Å². The van der Waals surface area contributed by atoms with Gasteiger partial charge in [-0.1, -0.05) is 25.5 Å². The number of ether oxygens (including phenoxy) is 1. The van der Waals surface area contributed by atoms with E-state index in [2.05, 4.69) is 20.9 Å². The number of hydrogen-bond acceptors (Lipinski definition) is 4. The summed E-state index contributed by atoms with van der Waals surface area (Å²) in [4.78, 5) is 16.1. The van der Waals surface area contributed by atoms with Crippen LogP contribution in [0.25, 0.3) is 0 Å². The molecule has 2 fully saturated rings. The summed E-state index contributed by atoms with van der Waals surface area (Å²) < 4.78 is 17.8. The first-order valence-electron chi connectivity index (χ1n) is 10.9. The lowest BCUT2D eigenvalue weighted by molar-refractivity contribution is -0.123. The Morgan fingerprint density at radius 2 is 2.00 bits per heavy atom. The Kier molecular flexibility index (Phi) is 11.1. The molecule has 1 aromatic carbocycles. The highest BCUT2D eigenvalue weighted by molar-refractivity contribution is 14.0. The van der Waals surface area contributed by atoms with Gasteiger partial charge in [0.15, 0.2) is 12.6 Å². The zero-order chi connectivity index (χ0) is 21.3. The van der Waals surface area contributed by atoms with E-state index in [-0.39, 0.29) is 41.7 Å². The Labute approximate surface area is 205 Å². The van der Waals surface area contributed by atoms with Gasteiger partial charge in [0, 0.05) is 47.5 Å². The molecule has 3 unspecified atom stereocenters. The van der Waals surface area contributed by atoms with Gasteiger partial charge in [-0.3, -0.25) is 14.0 Å². The lowest BCUT2D eigenvalue weighted by atomic mass is 9.95. The van der Waals surface area contributed by atoms with Gasteiger partial charge in [0.25, 0.3) is 5.91 Å². The monoisotopic (exact) mass is 562 g/mol. The first-order chi connectivity index (χ1) is 14.6. The highest BCUT2D eigenvalue weighted by atomic mass is 127. The Balaban J connectivity index is 0.00000341. The molecule has 174 valence electrons. The molecule has 2 saturated carbocycles. The van der Waals surface area contributed by atoms with E-state index < -0.39 is 10.8 Å². The number of carbonyl (C=O) groups is 1. The van der Waals surface area contributed by atoms with Crippen molar-refractivity contribution in [3.63, 3.8) is 0 Å². The third kappa shape index (κ3) is 8.96. The highest BCUT2D eigenvalue weighted by Gasteiger charge is 2.26. The number of carbonyl (C=O) groups excluding carboxylic acids is 1. The smallest absolute Gasteiger partial charge is 0.258 e. The molecule has 31 heavy (non-hydrogen) atoms. The van der Waals surface area contributed by atoms with Crippen LogP contribution in [-0.4, -0.2) is 52.8 Å². The predicted octanol–water partition coefficient (Wildman–Crippen LogP) is 2.71. The van der Waals surface area contributed by atoms with Crippen molar-refractivity contribution < 1.29 is 13.7 Å². The van der Waals surface area contributed by atoms with Gasteiger partial charge in [0.1, 0.15) is 5.75 Å². The topological polar surface area (TPSA) is 91.8 Å². The number of nitrogens with one attached hydrogen (secondary N) is 3. The zero-order valence-electron chi connectivity index (χ0n) is 18.4. The summed E-state index contributed by atoms with van der Waals surface area (Å²) in [7, 11) is 1.03. The van der Waals surface area contributed by atoms with Gasteiger partial charge in [-0.25, -0.2) is 0 Å². The molecule has 0 bridgehead atoms. The van der Waals surface area contributed by atoms with Crippen LogP contribution in [0.2, 0.25) is 0 Å². The number of halogens is 1. The molecule has 7 nitrogen and oxygen atoms in total. The van der Waals surface area contributed by atoms with Gasteiger partial charge in [0.2, 0.25) is 0 Å². The van der Waals surface area contributed by atoms with Crippen LogP contribution >= 0.6 is 24.0 Å². The maximum absolute atomic E-state index is 12.2. The molecule has 3 atom stereocenters. The van der Waals surface area contributed by atoms with Crippen molar-refractivity contribution in [3.05, 3.63) is 29.8 Å². The number of aliphatic imine (C=N–C) groups is 1. The van der Waals surface area contributed by atoms with Gasteiger partial charge < -0.3 is 20.7 Å². The average molecular weight is 563 g/mol. The molecule has 0 saturated heterocycles. The summed E-state index contributed by atoms with van der Waals surface area (Å²) in [5.41, 5.74) is 1.05. The van der Waals surface area contributed by atoms with Crippen LogP contribution in [0.4, 0.5) is 0 Å². The Morgan fingerprint density at radius 3 is 2.71 bits per heavy atom. The zero-order valence-corrected chi connectivity index (χ0v) is 21.5. The SMILES string of the molecule is CCS(=O)C1CCCC(NC(=NC)NCc2cccc(OCC(=O)NC3CC3)c2)C1.I. The third-order valence-electron chi connectivity index (χ3n) is 5.52. The van der Waals surface area contributed by atoms with E-state index >= 15 is 0 Å². The number of guanidine groups is 1. The molecular formula is C22H35IN4O3S.